The van der Waals surface area contributed by atoms with Crippen molar-refractivity contribution >= 4 is 16.9 Å². The number of rotatable bonds is 11. The van der Waals surface area contributed by atoms with Crippen molar-refractivity contribution in [2.75, 3.05) is 7.05 Å². The van der Waals surface area contributed by atoms with E-state index in [9.17, 15) is 4.79 Å². The van der Waals surface area contributed by atoms with E-state index in [1.54, 1.807) is 0 Å². The topological polar surface area (TPSA) is 29.1 Å². The highest BCUT2D eigenvalue weighted by Crippen LogP contribution is 2.34. The quantitative estimate of drug-likeness (QED) is 0.468. The van der Waals surface area contributed by atoms with E-state index in [1.165, 1.54) is 18.4 Å². The summed E-state index contributed by atoms with van der Waals surface area (Å²) >= 11 is 0. The van der Waals surface area contributed by atoms with E-state index in [1.807, 2.05) is 31.3 Å². The van der Waals surface area contributed by atoms with Crippen molar-refractivity contribution in [3.05, 3.63) is 84.4 Å². The van der Waals surface area contributed by atoms with E-state index in [-0.39, 0.29) is 12.0 Å². The normalized spacial score (nSPS) is 16.3. The molecule has 3 rings (SSSR count). The maximum Gasteiger partial charge on any atom is 0.135 e. The fourth-order valence-corrected chi connectivity index (χ4v) is 3.69. The van der Waals surface area contributed by atoms with Crippen LogP contribution in [0.5, 0.6) is 0 Å². The lowest BCUT2D eigenvalue weighted by Gasteiger charge is -2.19. The number of nitrogens with one attached hydrogen (secondary N) is 1. The second kappa shape index (κ2) is 10.4. The van der Waals surface area contributed by atoms with Crippen LogP contribution in [0, 0.1) is 11.8 Å². The molecule has 1 fully saturated rings. The van der Waals surface area contributed by atoms with Gasteiger partial charge in [0.2, 0.25) is 0 Å². The van der Waals surface area contributed by atoms with Crippen molar-refractivity contribution < 1.29 is 4.79 Å². The molecule has 1 aliphatic rings. The van der Waals surface area contributed by atoms with Crippen LogP contribution in [-0.4, -0.2) is 18.9 Å². The summed E-state index contributed by atoms with van der Waals surface area (Å²) in [5.74, 6) is 1.24. The molecular weight excluding hydrogens is 354 g/mol. The fraction of sp³-hybridized carbons (Fsp3) is 0.370. The number of hydrogen-bond donors (Lipinski definition) is 1. The van der Waals surface area contributed by atoms with Crippen LogP contribution in [0.15, 0.2) is 73.3 Å². The molecule has 0 saturated heterocycles. The molecule has 0 heterocycles. The third-order valence-electron chi connectivity index (χ3n) is 5.92. The Hall–Kier alpha value is -2.45. The van der Waals surface area contributed by atoms with Crippen LogP contribution < -0.4 is 5.32 Å². The summed E-state index contributed by atoms with van der Waals surface area (Å²) in [6.07, 6.45) is 7.38. The van der Waals surface area contributed by atoms with Crippen LogP contribution >= 0.6 is 0 Å². The average Bonchev–Trinajstić information content (AvgIpc) is 3.58. The molecular formula is C27H33NO. The minimum Gasteiger partial charge on any atom is -0.314 e. The number of Topliss-reactive ketones (excluding diaryl/α,β-unsaturated/α-hetero) is 1. The van der Waals surface area contributed by atoms with E-state index in [0.29, 0.717) is 11.7 Å². The summed E-state index contributed by atoms with van der Waals surface area (Å²) in [7, 11) is 1.99. The third kappa shape index (κ3) is 6.27. The Labute approximate surface area is 175 Å². The smallest absolute Gasteiger partial charge is 0.135 e. The summed E-state index contributed by atoms with van der Waals surface area (Å²) < 4.78 is 0. The molecule has 152 valence electrons. The maximum atomic E-state index is 12.4. The van der Waals surface area contributed by atoms with Gasteiger partial charge in [-0.2, -0.15) is 0 Å². The molecule has 2 unspecified atom stereocenters. The van der Waals surface area contributed by atoms with Gasteiger partial charge in [0, 0.05) is 18.4 Å². The Morgan fingerprint density at radius 3 is 2.17 bits per heavy atom. The van der Waals surface area contributed by atoms with Crippen LogP contribution in [0.2, 0.25) is 0 Å². The molecule has 1 aliphatic carbocycles. The molecule has 0 aliphatic heterocycles. The van der Waals surface area contributed by atoms with Crippen molar-refractivity contribution in [2.24, 2.45) is 11.8 Å². The minimum absolute atomic E-state index is 0.136. The Morgan fingerprint density at radius 1 is 1.03 bits per heavy atom. The van der Waals surface area contributed by atoms with Gasteiger partial charge < -0.3 is 5.32 Å². The van der Waals surface area contributed by atoms with Crippen LogP contribution in [0.1, 0.15) is 50.2 Å². The Morgan fingerprint density at radius 2 is 1.62 bits per heavy atom. The zero-order chi connectivity index (χ0) is 20.6. The first kappa shape index (κ1) is 21.3. The monoisotopic (exact) mass is 387 g/mol. The van der Waals surface area contributed by atoms with Gasteiger partial charge >= 0.3 is 0 Å². The van der Waals surface area contributed by atoms with Gasteiger partial charge in [0.15, 0.2) is 0 Å². The highest BCUT2D eigenvalue weighted by molar-refractivity contribution is 6.04. The van der Waals surface area contributed by atoms with E-state index in [0.717, 1.165) is 36.0 Å². The molecule has 29 heavy (non-hydrogen) atoms. The molecule has 1 N–H and O–H groups in total. The fourth-order valence-electron chi connectivity index (χ4n) is 3.69. The van der Waals surface area contributed by atoms with Gasteiger partial charge in [-0.3, -0.25) is 4.79 Å². The highest BCUT2D eigenvalue weighted by Gasteiger charge is 2.26. The summed E-state index contributed by atoms with van der Waals surface area (Å²) in [6.45, 7) is 6.49. The maximum absolute atomic E-state index is 12.4. The number of hydrogen-bond acceptors (Lipinski definition) is 2. The summed E-state index contributed by atoms with van der Waals surface area (Å²) in [6, 6.07) is 21.0. The summed E-state index contributed by atoms with van der Waals surface area (Å²) in [5, 5.41) is 3.43. The first-order valence-corrected chi connectivity index (χ1v) is 10.8. The molecule has 0 amide bonds. The van der Waals surface area contributed by atoms with Crippen LogP contribution in [-0.2, 0) is 4.79 Å². The molecule has 2 nitrogen and oxygen atoms in total. The Kier molecular flexibility index (Phi) is 7.60. The van der Waals surface area contributed by atoms with Crippen molar-refractivity contribution in [1.82, 2.24) is 5.32 Å². The number of benzene rings is 2. The molecule has 2 aromatic rings. The van der Waals surface area contributed by atoms with Crippen molar-refractivity contribution in [2.45, 2.75) is 45.1 Å². The zero-order valence-corrected chi connectivity index (χ0v) is 17.7. The van der Waals surface area contributed by atoms with Gasteiger partial charge in [0.25, 0.3) is 0 Å². The molecule has 0 aromatic heterocycles. The molecule has 0 radical (unpaired) electrons. The number of ketones is 1. The average molecular weight is 388 g/mol. The predicted molar refractivity (Wildman–Crippen MR) is 123 cm³/mol. The first-order chi connectivity index (χ1) is 14.1. The summed E-state index contributed by atoms with van der Waals surface area (Å²) in [5.41, 5.74) is 4.47. The van der Waals surface area contributed by atoms with Crippen LogP contribution in [0.3, 0.4) is 0 Å². The summed E-state index contributed by atoms with van der Waals surface area (Å²) in [4.78, 5) is 12.4. The number of allylic oxidation sites excluding steroid dienone is 2. The highest BCUT2D eigenvalue weighted by atomic mass is 16.1. The number of carbonyl (C=O) groups excluding carboxylic acids is 1. The SMILES string of the molecule is C=C(/C(=C\C(CCC(C)C(=O)CC1CC1)NC)c1ccccc1)c1ccccc1. The molecule has 0 bridgehead atoms. The molecule has 2 atom stereocenters. The van der Waals surface area contributed by atoms with Gasteiger partial charge in [0.05, 0.1) is 0 Å². The second-order valence-electron chi connectivity index (χ2n) is 8.28. The van der Waals surface area contributed by atoms with Crippen molar-refractivity contribution in [3.8, 4) is 0 Å². The van der Waals surface area contributed by atoms with Gasteiger partial charge in [-0.25, -0.2) is 0 Å². The van der Waals surface area contributed by atoms with Gasteiger partial charge in [-0.1, -0.05) is 80.2 Å². The lowest BCUT2D eigenvalue weighted by atomic mass is 9.89. The van der Waals surface area contributed by atoms with Gasteiger partial charge in [-0.05, 0) is 60.9 Å². The Bertz CT molecular complexity index is 833. The number of likely N-dealkylation sites (N-methyl/N-ethyl adjacent to an activating group) is 1. The van der Waals surface area contributed by atoms with E-state index in [4.69, 9.17) is 0 Å². The zero-order valence-electron chi connectivity index (χ0n) is 17.7. The third-order valence-corrected chi connectivity index (χ3v) is 5.92. The minimum atomic E-state index is 0.136. The van der Waals surface area contributed by atoms with E-state index in [2.05, 4.69) is 61.3 Å². The van der Waals surface area contributed by atoms with Crippen molar-refractivity contribution in [3.63, 3.8) is 0 Å². The van der Waals surface area contributed by atoms with Crippen LogP contribution in [0.25, 0.3) is 11.1 Å². The molecule has 0 spiro atoms. The standard InChI is InChI=1S/C27H33NO/c1-20(27(29)18-22-15-16-22)14-17-25(28-3)19-26(24-12-8-5-9-13-24)21(2)23-10-6-4-7-11-23/h4-13,19-20,22,25,28H,2,14-18H2,1,3H3/b26-19+. The van der Waals surface area contributed by atoms with Gasteiger partial charge in [0.1, 0.15) is 5.78 Å². The largest absolute Gasteiger partial charge is 0.314 e. The van der Waals surface area contributed by atoms with Crippen LogP contribution in [0.4, 0.5) is 0 Å². The second-order valence-corrected chi connectivity index (χ2v) is 8.28. The first-order valence-electron chi connectivity index (χ1n) is 10.8. The van der Waals surface area contributed by atoms with E-state index < -0.39 is 0 Å². The van der Waals surface area contributed by atoms with E-state index >= 15 is 0 Å². The Balaban J connectivity index is 1.75. The number of carbonyl (C=O) groups is 1. The predicted octanol–water partition coefficient (Wildman–Crippen LogP) is 6.16. The van der Waals surface area contributed by atoms with Gasteiger partial charge in [-0.15, -0.1) is 0 Å². The molecule has 2 aromatic carbocycles. The molecule has 2 heteroatoms. The lowest BCUT2D eigenvalue weighted by Crippen LogP contribution is -2.25. The lowest BCUT2D eigenvalue weighted by molar-refractivity contribution is -0.122. The van der Waals surface area contributed by atoms with Crippen molar-refractivity contribution in [1.29, 1.82) is 0 Å². The molecule has 1 saturated carbocycles.